The summed E-state index contributed by atoms with van der Waals surface area (Å²) in [5.41, 5.74) is 2.05. The highest BCUT2D eigenvalue weighted by molar-refractivity contribution is 5.93. The molecule has 0 radical (unpaired) electrons. The molecule has 4 nitrogen and oxygen atoms in total. The lowest BCUT2D eigenvalue weighted by molar-refractivity contribution is 0.0599. The number of anilines is 1. The van der Waals surface area contributed by atoms with Gasteiger partial charge in [0.2, 0.25) is 0 Å². The summed E-state index contributed by atoms with van der Waals surface area (Å²) >= 11 is 0. The van der Waals surface area contributed by atoms with E-state index in [2.05, 4.69) is 5.32 Å². The minimum Gasteiger partial charge on any atom is -0.508 e. The number of hydrogen-bond acceptors (Lipinski definition) is 4. The maximum atomic E-state index is 11.6. The molecule has 2 N–H and O–H groups in total. The molecule has 1 aromatic carbocycles. The molecule has 0 aromatic heterocycles. The molecule has 2 rings (SSSR count). The summed E-state index contributed by atoms with van der Waals surface area (Å²) in [6.45, 7) is 2.76. The van der Waals surface area contributed by atoms with Crippen LogP contribution in [0, 0.1) is 12.8 Å². The third kappa shape index (κ3) is 3.19. The van der Waals surface area contributed by atoms with E-state index in [0.717, 1.165) is 17.8 Å². The maximum absolute atomic E-state index is 11.6. The van der Waals surface area contributed by atoms with E-state index in [1.807, 2.05) is 6.92 Å². The molecule has 0 spiro atoms. The Bertz CT molecular complexity index is 465. The number of phenols is 1. The van der Waals surface area contributed by atoms with Gasteiger partial charge < -0.3 is 15.2 Å². The second-order valence-electron chi connectivity index (χ2n) is 5.19. The normalized spacial score (nSPS) is 15.5. The highest BCUT2D eigenvalue weighted by Gasteiger charge is 2.17. The molecule has 0 heterocycles. The van der Waals surface area contributed by atoms with E-state index in [4.69, 9.17) is 4.74 Å². The first-order chi connectivity index (χ1) is 9.11. The van der Waals surface area contributed by atoms with Crippen LogP contribution in [0.15, 0.2) is 12.1 Å². The van der Waals surface area contributed by atoms with Gasteiger partial charge in [0.25, 0.3) is 0 Å². The van der Waals surface area contributed by atoms with E-state index in [1.165, 1.54) is 38.9 Å². The molecule has 104 valence electrons. The van der Waals surface area contributed by atoms with Crippen molar-refractivity contribution in [1.82, 2.24) is 0 Å². The van der Waals surface area contributed by atoms with Crippen molar-refractivity contribution in [3.8, 4) is 5.75 Å². The molecule has 0 aliphatic heterocycles. The van der Waals surface area contributed by atoms with Gasteiger partial charge >= 0.3 is 5.97 Å². The molecule has 1 fully saturated rings. The molecule has 19 heavy (non-hydrogen) atoms. The van der Waals surface area contributed by atoms with Gasteiger partial charge in [-0.1, -0.05) is 12.8 Å². The third-order valence-electron chi connectivity index (χ3n) is 3.85. The van der Waals surface area contributed by atoms with Crippen LogP contribution < -0.4 is 5.32 Å². The van der Waals surface area contributed by atoms with Crippen LogP contribution in [0.5, 0.6) is 5.75 Å². The Morgan fingerprint density at radius 3 is 2.74 bits per heavy atom. The second kappa shape index (κ2) is 5.95. The lowest BCUT2D eigenvalue weighted by Gasteiger charge is -2.16. The van der Waals surface area contributed by atoms with Gasteiger partial charge in [-0.25, -0.2) is 4.79 Å². The highest BCUT2D eigenvalue weighted by Crippen LogP contribution is 2.29. The Morgan fingerprint density at radius 2 is 2.11 bits per heavy atom. The summed E-state index contributed by atoms with van der Waals surface area (Å²) in [5.74, 6) is 0.362. The smallest absolute Gasteiger partial charge is 0.338 e. The monoisotopic (exact) mass is 263 g/mol. The summed E-state index contributed by atoms with van der Waals surface area (Å²) in [5, 5.41) is 13.1. The lowest BCUT2D eigenvalue weighted by atomic mass is 10.0. The zero-order valence-electron chi connectivity index (χ0n) is 11.5. The van der Waals surface area contributed by atoms with E-state index in [1.54, 1.807) is 6.07 Å². The molecule has 1 aromatic rings. The van der Waals surface area contributed by atoms with Crippen molar-refractivity contribution in [1.29, 1.82) is 0 Å². The summed E-state index contributed by atoms with van der Waals surface area (Å²) < 4.78 is 4.73. The van der Waals surface area contributed by atoms with Gasteiger partial charge in [-0.3, -0.25) is 0 Å². The highest BCUT2D eigenvalue weighted by atomic mass is 16.5. The summed E-state index contributed by atoms with van der Waals surface area (Å²) in [7, 11) is 1.34. The predicted molar refractivity (Wildman–Crippen MR) is 74.6 cm³/mol. The Hall–Kier alpha value is -1.71. The molecule has 1 aliphatic carbocycles. The number of hydrogen-bond donors (Lipinski definition) is 2. The van der Waals surface area contributed by atoms with Gasteiger partial charge in [0, 0.05) is 18.3 Å². The van der Waals surface area contributed by atoms with Crippen molar-refractivity contribution in [2.75, 3.05) is 19.0 Å². The molecule has 4 heteroatoms. The molecular formula is C15H21NO3. The molecule has 0 amide bonds. The quantitative estimate of drug-likeness (QED) is 0.820. The SMILES string of the molecule is COC(=O)c1cc(O)cc(NCC2CCCC2)c1C. The minimum atomic E-state index is -0.419. The Labute approximate surface area is 113 Å². The van der Waals surface area contributed by atoms with E-state index in [9.17, 15) is 9.90 Å². The maximum Gasteiger partial charge on any atom is 0.338 e. The Balaban J connectivity index is 2.14. The molecule has 0 atom stereocenters. The second-order valence-corrected chi connectivity index (χ2v) is 5.19. The van der Waals surface area contributed by atoms with E-state index < -0.39 is 5.97 Å². The van der Waals surface area contributed by atoms with Crippen LogP contribution in [0.4, 0.5) is 5.69 Å². The first-order valence-corrected chi connectivity index (χ1v) is 6.77. The zero-order chi connectivity index (χ0) is 13.8. The fraction of sp³-hybridized carbons (Fsp3) is 0.533. The third-order valence-corrected chi connectivity index (χ3v) is 3.85. The van der Waals surface area contributed by atoms with Gasteiger partial charge in [-0.15, -0.1) is 0 Å². The van der Waals surface area contributed by atoms with Crippen LogP contribution >= 0.6 is 0 Å². The molecule has 0 unspecified atom stereocenters. The molecule has 1 saturated carbocycles. The summed E-state index contributed by atoms with van der Waals surface area (Å²) in [6.07, 6.45) is 5.13. The zero-order valence-corrected chi connectivity index (χ0v) is 11.5. The Kier molecular flexibility index (Phi) is 4.30. The van der Waals surface area contributed by atoms with Gasteiger partial charge in [-0.2, -0.15) is 0 Å². The minimum absolute atomic E-state index is 0.0833. The number of esters is 1. The first kappa shape index (κ1) is 13.7. The van der Waals surface area contributed by atoms with Crippen LogP contribution in [-0.4, -0.2) is 24.7 Å². The van der Waals surface area contributed by atoms with Crippen molar-refractivity contribution in [2.24, 2.45) is 5.92 Å². The van der Waals surface area contributed by atoms with Crippen LogP contribution in [0.25, 0.3) is 0 Å². The molecular weight excluding hydrogens is 242 g/mol. The number of ether oxygens (including phenoxy) is 1. The van der Waals surface area contributed by atoms with Crippen molar-refractivity contribution in [3.05, 3.63) is 23.3 Å². The van der Waals surface area contributed by atoms with Crippen LogP contribution in [-0.2, 0) is 4.74 Å². The number of phenolic OH excluding ortho intramolecular Hbond substituents is 1. The topological polar surface area (TPSA) is 58.6 Å². The number of carbonyl (C=O) groups excluding carboxylic acids is 1. The summed E-state index contributed by atoms with van der Waals surface area (Å²) in [4.78, 5) is 11.6. The molecule has 0 bridgehead atoms. The molecule has 0 saturated heterocycles. The van der Waals surface area contributed by atoms with Gasteiger partial charge in [0.05, 0.1) is 12.7 Å². The number of carbonyl (C=O) groups is 1. The number of methoxy groups -OCH3 is 1. The molecule has 1 aliphatic rings. The van der Waals surface area contributed by atoms with Crippen molar-refractivity contribution < 1.29 is 14.6 Å². The van der Waals surface area contributed by atoms with Crippen LogP contribution in [0.1, 0.15) is 41.6 Å². The van der Waals surface area contributed by atoms with Gasteiger partial charge in [0.15, 0.2) is 0 Å². The standard InChI is InChI=1S/C15H21NO3/c1-10-13(15(18)19-2)7-12(17)8-14(10)16-9-11-5-3-4-6-11/h7-8,11,16-17H,3-6,9H2,1-2H3. The van der Waals surface area contributed by atoms with Crippen molar-refractivity contribution in [3.63, 3.8) is 0 Å². The predicted octanol–water partition coefficient (Wildman–Crippen LogP) is 3.09. The number of benzene rings is 1. The largest absolute Gasteiger partial charge is 0.508 e. The van der Waals surface area contributed by atoms with Crippen molar-refractivity contribution >= 4 is 11.7 Å². The fourth-order valence-electron chi connectivity index (χ4n) is 2.67. The van der Waals surface area contributed by atoms with E-state index in [0.29, 0.717) is 11.5 Å². The fourth-order valence-corrected chi connectivity index (χ4v) is 2.67. The van der Waals surface area contributed by atoms with Crippen LogP contribution in [0.2, 0.25) is 0 Å². The number of nitrogens with one attached hydrogen (secondary N) is 1. The average molecular weight is 263 g/mol. The average Bonchev–Trinajstić information content (AvgIpc) is 2.91. The summed E-state index contributed by atoms with van der Waals surface area (Å²) in [6, 6.07) is 3.11. The van der Waals surface area contributed by atoms with E-state index in [-0.39, 0.29) is 5.75 Å². The lowest BCUT2D eigenvalue weighted by Crippen LogP contribution is -2.13. The van der Waals surface area contributed by atoms with Gasteiger partial charge in [-0.05, 0) is 37.3 Å². The number of rotatable bonds is 4. The Morgan fingerprint density at radius 1 is 1.42 bits per heavy atom. The van der Waals surface area contributed by atoms with Gasteiger partial charge in [0.1, 0.15) is 5.75 Å². The number of aromatic hydroxyl groups is 1. The van der Waals surface area contributed by atoms with Crippen molar-refractivity contribution in [2.45, 2.75) is 32.6 Å². The van der Waals surface area contributed by atoms with Crippen LogP contribution in [0.3, 0.4) is 0 Å². The van der Waals surface area contributed by atoms with E-state index >= 15 is 0 Å². The first-order valence-electron chi connectivity index (χ1n) is 6.77.